The molecule has 0 saturated carbocycles. The summed E-state index contributed by atoms with van der Waals surface area (Å²) in [5.41, 5.74) is 0.993. The molecule has 3 heterocycles. The van der Waals surface area contributed by atoms with Crippen molar-refractivity contribution in [2.24, 2.45) is 5.92 Å². The van der Waals surface area contributed by atoms with Crippen LogP contribution in [0.5, 0.6) is 0 Å². The molecule has 6 nitrogen and oxygen atoms in total. The summed E-state index contributed by atoms with van der Waals surface area (Å²) in [7, 11) is 0. The molecule has 1 saturated heterocycles. The maximum absolute atomic E-state index is 13.1. The fourth-order valence-corrected chi connectivity index (χ4v) is 4.89. The van der Waals surface area contributed by atoms with Crippen LogP contribution in [0.2, 0.25) is 0 Å². The van der Waals surface area contributed by atoms with Gasteiger partial charge in [-0.05, 0) is 54.4 Å². The van der Waals surface area contributed by atoms with Crippen LogP contribution >= 0.6 is 11.3 Å². The Morgan fingerprint density at radius 2 is 2.00 bits per heavy atom. The van der Waals surface area contributed by atoms with Crippen molar-refractivity contribution in [3.63, 3.8) is 0 Å². The molecular formula is C25H29N3O3S. The van der Waals surface area contributed by atoms with E-state index in [0.717, 1.165) is 38.0 Å². The van der Waals surface area contributed by atoms with Gasteiger partial charge in [0.2, 0.25) is 5.91 Å². The maximum Gasteiger partial charge on any atom is 0.287 e. The van der Waals surface area contributed by atoms with E-state index in [4.69, 9.17) is 4.42 Å². The predicted octanol–water partition coefficient (Wildman–Crippen LogP) is 3.71. The van der Waals surface area contributed by atoms with Crippen molar-refractivity contribution >= 4 is 23.2 Å². The molecular weight excluding hydrogens is 422 g/mol. The first-order chi connectivity index (χ1) is 15.7. The number of carbonyl (C=O) groups is 2. The van der Waals surface area contributed by atoms with Gasteiger partial charge in [0.15, 0.2) is 5.76 Å². The normalized spacial score (nSPS) is 17.6. The van der Waals surface area contributed by atoms with Gasteiger partial charge in [-0.25, -0.2) is 0 Å². The molecule has 3 aromatic rings. The highest BCUT2D eigenvalue weighted by atomic mass is 32.1. The zero-order valence-electron chi connectivity index (χ0n) is 18.0. The number of likely N-dealkylation sites (tertiary alicyclic amines) is 1. The Kier molecular flexibility index (Phi) is 7.74. The SMILES string of the molecule is O=C(NC(Cc1ccccc1)C(=O)NCC1CCCN(Cc2cccs2)C1)c1ccco1. The van der Waals surface area contributed by atoms with Crippen LogP contribution in [0.3, 0.4) is 0 Å². The fraction of sp³-hybridized carbons (Fsp3) is 0.360. The monoisotopic (exact) mass is 451 g/mol. The van der Waals surface area contributed by atoms with E-state index in [1.54, 1.807) is 23.5 Å². The lowest BCUT2D eigenvalue weighted by Gasteiger charge is -2.32. The summed E-state index contributed by atoms with van der Waals surface area (Å²) in [6.45, 7) is 3.65. The predicted molar refractivity (Wildman–Crippen MR) is 125 cm³/mol. The molecule has 0 radical (unpaired) electrons. The summed E-state index contributed by atoms with van der Waals surface area (Å²) in [4.78, 5) is 29.4. The van der Waals surface area contributed by atoms with Crippen molar-refractivity contribution in [2.75, 3.05) is 19.6 Å². The zero-order chi connectivity index (χ0) is 22.2. The smallest absolute Gasteiger partial charge is 0.287 e. The number of amides is 2. The van der Waals surface area contributed by atoms with Crippen LogP contribution in [0, 0.1) is 5.92 Å². The first-order valence-electron chi connectivity index (χ1n) is 11.1. The van der Waals surface area contributed by atoms with Gasteiger partial charge in [0.25, 0.3) is 5.91 Å². The summed E-state index contributed by atoms with van der Waals surface area (Å²) in [5, 5.41) is 8.05. The Hall–Kier alpha value is -2.90. The number of hydrogen-bond donors (Lipinski definition) is 2. The second kappa shape index (κ2) is 11.1. The van der Waals surface area contributed by atoms with Gasteiger partial charge in [-0.15, -0.1) is 11.3 Å². The van der Waals surface area contributed by atoms with Crippen LogP contribution in [0.4, 0.5) is 0 Å². The van der Waals surface area contributed by atoms with E-state index in [-0.39, 0.29) is 17.6 Å². The second-order valence-corrected chi connectivity index (χ2v) is 9.29. The lowest BCUT2D eigenvalue weighted by atomic mass is 9.97. The summed E-state index contributed by atoms with van der Waals surface area (Å²) in [5.74, 6) is 0.0631. The van der Waals surface area contributed by atoms with E-state index >= 15 is 0 Å². The lowest BCUT2D eigenvalue weighted by molar-refractivity contribution is -0.123. The minimum absolute atomic E-state index is 0.163. The van der Waals surface area contributed by atoms with Gasteiger partial charge in [0, 0.05) is 30.9 Å². The largest absolute Gasteiger partial charge is 0.459 e. The van der Waals surface area contributed by atoms with Crippen LogP contribution in [-0.2, 0) is 17.8 Å². The van der Waals surface area contributed by atoms with E-state index in [1.165, 1.54) is 11.1 Å². The number of benzene rings is 1. The first-order valence-corrected chi connectivity index (χ1v) is 12.0. The van der Waals surface area contributed by atoms with E-state index in [2.05, 4.69) is 33.0 Å². The van der Waals surface area contributed by atoms with Crippen molar-refractivity contribution in [3.05, 3.63) is 82.4 Å². The van der Waals surface area contributed by atoms with Gasteiger partial charge < -0.3 is 15.1 Å². The molecule has 0 spiro atoms. The standard InChI is InChI=1S/C25H29N3O3S/c29-24(26-16-20-9-4-12-28(17-20)18-21-10-6-14-32-21)22(15-19-7-2-1-3-8-19)27-25(30)23-11-5-13-31-23/h1-3,5-8,10-11,13-14,20,22H,4,9,12,15-18H2,(H,26,29)(H,27,30). The molecule has 1 aliphatic rings. The van der Waals surface area contributed by atoms with Crippen molar-refractivity contribution in [1.82, 2.24) is 15.5 Å². The highest BCUT2D eigenvalue weighted by molar-refractivity contribution is 7.09. The Morgan fingerprint density at radius 3 is 2.75 bits per heavy atom. The van der Waals surface area contributed by atoms with Crippen molar-refractivity contribution in [3.8, 4) is 0 Å². The molecule has 2 amide bonds. The summed E-state index contributed by atoms with van der Waals surface area (Å²) in [6.07, 6.45) is 4.11. The number of furan rings is 1. The van der Waals surface area contributed by atoms with Gasteiger partial charge in [-0.2, -0.15) is 0 Å². The van der Waals surface area contributed by atoms with E-state index in [9.17, 15) is 9.59 Å². The molecule has 168 valence electrons. The molecule has 1 aliphatic heterocycles. The minimum atomic E-state index is -0.666. The fourth-order valence-electron chi connectivity index (χ4n) is 4.15. The Labute approximate surface area is 192 Å². The number of carbonyl (C=O) groups excluding carboxylic acids is 2. The maximum atomic E-state index is 13.1. The number of hydrogen-bond acceptors (Lipinski definition) is 5. The van der Waals surface area contributed by atoms with Crippen molar-refractivity contribution < 1.29 is 14.0 Å². The van der Waals surface area contributed by atoms with E-state index < -0.39 is 6.04 Å². The molecule has 2 atom stereocenters. The molecule has 2 unspecified atom stereocenters. The van der Waals surface area contributed by atoms with Crippen LogP contribution in [-0.4, -0.2) is 42.4 Å². The molecule has 1 aromatic carbocycles. The average Bonchev–Trinajstić information content (AvgIpc) is 3.53. The first kappa shape index (κ1) is 22.3. The van der Waals surface area contributed by atoms with Crippen molar-refractivity contribution in [1.29, 1.82) is 0 Å². The van der Waals surface area contributed by atoms with Crippen molar-refractivity contribution in [2.45, 2.75) is 31.8 Å². The summed E-state index contributed by atoms with van der Waals surface area (Å²) < 4.78 is 5.19. The number of piperidine rings is 1. The number of rotatable bonds is 9. The molecule has 2 N–H and O–H groups in total. The average molecular weight is 452 g/mol. The molecule has 1 fully saturated rings. The minimum Gasteiger partial charge on any atom is -0.459 e. The van der Waals surface area contributed by atoms with E-state index in [0.29, 0.717) is 18.9 Å². The van der Waals surface area contributed by atoms with Gasteiger partial charge >= 0.3 is 0 Å². The Balaban J connectivity index is 1.34. The van der Waals surface area contributed by atoms with Crippen LogP contribution in [0.15, 0.2) is 70.7 Å². The quantitative estimate of drug-likeness (QED) is 0.520. The molecule has 2 aromatic heterocycles. The summed E-state index contributed by atoms with van der Waals surface area (Å²) in [6, 6.07) is 16.6. The number of nitrogens with one attached hydrogen (secondary N) is 2. The van der Waals surface area contributed by atoms with Gasteiger partial charge in [0.1, 0.15) is 6.04 Å². The van der Waals surface area contributed by atoms with E-state index in [1.807, 2.05) is 30.3 Å². The van der Waals surface area contributed by atoms with Gasteiger partial charge in [-0.3, -0.25) is 14.5 Å². The Bertz CT molecular complexity index is 973. The highest BCUT2D eigenvalue weighted by Gasteiger charge is 2.25. The zero-order valence-corrected chi connectivity index (χ0v) is 18.9. The Morgan fingerprint density at radius 1 is 1.12 bits per heavy atom. The third-order valence-corrected chi connectivity index (χ3v) is 6.64. The van der Waals surface area contributed by atoms with Crippen LogP contribution < -0.4 is 10.6 Å². The molecule has 32 heavy (non-hydrogen) atoms. The third kappa shape index (κ3) is 6.31. The van der Waals surface area contributed by atoms with Crippen LogP contribution in [0.1, 0.15) is 33.8 Å². The second-order valence-electron chi connectivity index (χ2n) is 8.26. The molecule has 7 heteroatoms. The van der Waals surface area contributed by atoms with Gasteiger partial charge in [0.05, 0.1) is 6.26 Å². The number of nitrogens with zero attached hydrogens (tertiary/aromatic N) is 1. The lowest BCUT2D eigenvalue weighted by Crippen LogP contribution is -2.50. The topological polar surface area (TPSA) is 74.6 Å². The summed E-state index contributed by atoms with van der Waals surface area (Å²) >= 11 is 1.79. The third-order valence-electron chi connectivity index (χ3n) is 5.78. The number of thiophene rings is 1. The molecule has 0 aliphatic carbocycles. The molecule has 0 bridgehead atoms. The highest BCUT2D eigenvalue weighted by Crippen LogP contribution is 2.20. The molecule has 4 rings (SSSR count). The van der Waals surface area contributed by atoms with Gasteiger partial charge in [-0.1, -0.05) is 36.4 Å². The van der Waals surface area contributed by atoms with Crippen LogP contribution in [0.25, 0.3) is 0 Å².